The highest BCUT2D eigenvalue weighted by Gasteiger charge is 2.26. The summed E-state index contributed by atoms with van der Waals surface area (Å²) in [6.45, 7) is 5.65. The van der Waals surface area contributed by atoms with Gasteiger partial charge in [-0.2, -0.15) is 0 Å². The molecule has 7 nitrogen and oxygen atoms in total. The van der Waals surface area contributed by atoms with E-state index in [-0.39, 0.29) is 6.04 Å². The summed E-state index contributed by atoms with van der Waals surface area (Å²) in [7, 11) is 0. The van der Waals surface area contributed by atoms with E-state index >= 15 is 0 Å². The summed E-state index contributed by atoms with van der Waals surface area (Å²) in [5, 5.41) is 13.5. The molecule has 0 spiro atoms. The van der Waals surface area contributed by atoms with Crippen LogP contribution in [0.4, 0.5) is 10.7 Å². The highest BCUT2D eigenvalue weighted by molar-refractivity contribution is 5.84. The number of amides is 1. The van der Waals surface area contributed by atoms with Crippen molar-refractivity contribution >= 4 is 23.1 Å². The zero-order chi connectivity index (χ0) is 24.0. The fraction of sp³-hybridized carbons (Fsp3) is 0.286. The molecule has 1 aliphatic heterocycles. The second kappa shape index (κ2) is 10.7. The Hall–Kier alpha value is -3.68. The molecular formula is C28H30N5O2-. The highest BCUT2D eigenvalue weighted by atomic mass is 16.4. The van der Waals surface area contributed by atoms with Gasteiger partial charge in [0.1, 0.15) is 6.09 Å². The molecule has 180 valence electrons. The molecule has 0 atom stereocenters. The van der Waals surface area contributed by atoms with Crippen LogP contribution in [0, 0.1) is 0 Å². The smallest absolute Gasteiger partial charge is 0.209 e. The number of benzene rings is 3. The largest absolute Gasteiger partial charge is 0.530 e. The Balaban J connectivity index is 1.21. The fourth-order valence-corrected chi connectivity index (χ4v) is 5.07. The Bertz CT molecular complexity index is 1210. The lowest BCUT2D eigenvalue weighted by molar-refractivity contribution is -0.242. The minimum absolute atomic E-state index is 0.259. The number of aryl methyl sites for hydroxylation is 1. The Labute approximate surface area is 205 Å². The summed E-state index contributed by atoms with van der Waals surface area (Å²) < 4.78 is 1.93. The third-order valence-electron chi connectivity index (χ3n) is 6.73. The molecule has 2 heterocycles. The van der Waals surface area contributed by atoms with Crippen molar-refractivity contribution in [3.63, 3.8) is 0 Å². The molecule has 1 amide bonds. The number of aromatic nitrogens is 2. The van der Waals surface area contributed by atoms with E-state index < -0.39 is 6.09 Å². The van der Waals surface area contributed by atoms with E-state index in [0.29, 0.717) is 12.5 Å². The van der Waals surface area contributed by atoms with Crippen LogP contribution in [0.25, 0.3) is 11.0 Å². The second-order valence-electron chi connectivity index (χ2n) is 8.94. The minimum atomic E-state index is -1.34. The van der Waals surface area contributed by atoms with Gasteiger partial charge in [0, 0.05) is 32.7 Å². The number of hydrogen-bond acceptors (Lipinski definition) is 5. The first-order chi connectivity index (χ1) is 17.2. The number of hydrogen-bond donors (Lipinski definition) is 1. The molecule has 1 N–H and O–H groups in total. The third kappa shape index (κ3) is 5.37. The molecule has 1 aliphatic rings. The van der Waals surface area contributed by atoms with Gasteiger partial charge in [0.2, 0.25) is 5.95 Å². The van der Waals surface area contributed by atoms with Crippen molar-refractivity contribution < 1.29 is 9.90 Å². The monoisotopic (exact) mass is 468 g/mol. The SMILES string of the molecule is O=C([O-])Nc1nc2ccccc2n1CCCN1CCN(C(c2ccccc2)c2ccccc2)CC1. The number of carbonyl (C=O) groups excluding carboxylic acids is 1. The van der Waals surface area contributed by atoms with Crippen LogP contribution in [0.15, 0.2) is 84.9 Å². The number of para-hydroxylation sites is 2. The van der Waals surface area contributed by atoms with Crippen molar-refractivity contribution in [1.29, 1.82) is 0 Å². The molecule has 4 aromatic rings. The lowest BCUT2D eigenvalue weighted by atomic mass is 9.96. The van der Waals surface area contributed by atoms with Crippen LogP contribution in [0.2, 0.25) is 0 Å². The van der Waals surface area contributed by atoms with Crippen molar-refractivity contribution in [2.75, 3.05) is 38.0 Å². The second-order valence-corrected chi connectivity index (χ2v) is 8.94. The van der Waals surface area contributed by atoms with Gasteiger partial charge >= 0.3 is 0 Å². The van der Waals surface area contributed by atoms with E-state index in [2.05, 4.69) is 80.8 Å². The van der Waals surface area contributed by atoms with Gasteiger partial charge in [-0.15, -0.1) is 0 Å². The highest BCUT2D eigenvalue weighted by Crippen LogP contribution is 2.29. The van der Waals surface area contributed by atoms with Crippen molar-refractivity contribution in [2.45, 2.75) is 19.0 Å². The quantitative estimate of drug-likeness (QED) is 0.428. The normalized spacial score (nSPS) is 15.0. The van der Waals surface area contributed by atoms with Crippen LogP contribution in [-0.2, 0) is 6.54 Å². The van der Waals surface area contributed by atoms with Crippen LogP contribution in [0.5, 0.6) is 0 Å². The topological polar surface area (TPSA) is 76.5 Å². The third-order valence-corrected chi connectivity index (χ3v) is 6.73. The van der Waals surface area contributed by atoms with Gasteiger partial charge < -0.3 is 24.7 Å². The number of nitrogens with zero attached hydrogens (tertiary/aromatic N) is 4. The Morgan fingerprint density at radius 2 is 1.43 bits per heavy atom. The van der Waals surface area contributed by atoms with Gasteiger partial charge in [-0.05, 0) is 36.2 Å². The van der Waals surface area contributed by atoms with E-state index in [1.54, 1.807) is 0 Å². The predicted octanol–water partition coefficient (Wildman–Crippen LogP) is 3.59. The predicted molar refractivity (Wildman–Crippen MR) is 136 cm³/mol. The number of carboxylic acid groups (broad SMARTS) is 1. The van der Waals surface area contributed by atoms with Gasteiger partial charge in [0.05, 0.1) is 17.1 Å². The Morgan fingerprint density at radius 3 is 2.06 bits per heavy atom. The van der Waals surface area contributed by atoms with Gasteiger partial charge in [-0.1, -0.05) is 72.8 Å². The number of fused-ring (bicyclic) bond motifs is 1. The van der Waals surface area contributed by atoms with Crippen molar-refractivity contribution in [3.05, 3.63) is 96.1 Å². The van der Waals surface area contributed by atoms with Crippen LogP contribution in [0.3, 0.4) is 0 Å². The van der Waals surface area contributed by atoms with Crippen LogP contribution in [-0.4, -0.2) is 58.2 Å². The van der Waals surface area contributed by atoms with Crippen LogP contribution in [0.1, 0.15) is 23.6 Å². The van der Waals surface area contributed by atoms with E-state index in [9.17, 15) is 9.90 Å². The van der Waals surface area contributed by atoms with Crippen molar-refractivity contribution in [1.82, 2.24) is 19.4 Å². The average Bonchev–Trinajstić information content (AvgIpc) is 3.23. The molecule has 3 aromatic carbocycles. The van der Waals surface area contributed by atoms with Crippen molar-refractivity contribution in [3.8, 4) is 0 Å². The molecule has 0 saturated carbocycles. The summed E-state index contributed by atoms with van der Waals surface area (Å²) in [5.74, 6) is 0.324. The molecule has 1 fully saturated rings. The summed E-state index contributed by atoms with van der Waals surface area (Å²) in [5.41, 5.74) is 4.35. The zero-order valence-corrected chi connectivity index (χ0v) is 19.7. The lowest BCUT2D eigenvalue weighted by Gasteiger charge is -2.40. The molecule has 1 saturated heterocycles. The first-order valence-corrected chi connectivity index (χ1v) is 12.2. The van der Waals surface area contributed by atoms with Gasteiger partial charge in [0.15, 0.2) is 0 Å². The number of piperazine rings is 1. The lowest BCUT2D eigenvalue weighted by Crippen LogP contribution is -2.48. The molecule has 0 unspecified atom stereocenters. The summed E-state index contributed by atoms with van der Waals surface area (Å²) >= 11 is 0. The molecule has 35 heavy (non-hydrogen) atoms. The van der Waals surface area contributed by atoms with E-state index in [1.165, 1.54) is 11.1 Å². The zero-order valence-electron chi connectivity index (χ0n) is 19.7. The van der Waals surface area contributed by atoms with Gasteiger partial charge in [0.25, 0.3) is 0 Å². The van der Waals surface area contributed by atoms with Crippen LogP contribution < -0.4 is 10.4 Å². The van der Waals surface area contributed by atoms with Gasteiger partial charge in [-0.25, -0.2) is 4.98 Å². The molecule has 5 rings (SSSR count). The first-order valence-electron chi connectivity index (χ1n) is 12.2. The first kappa shape index (κ1) is 23.1. The van der Waals surface area contributed by atoms with Crippen LogP contribution >= 0.6 is 0 Å². The maximum absolute atomic E-state index is 11.1. The number of carbonyl (C=O) groups is 1. The minimum Gasteiger partial charge on any atom is -0.530 e. The average molecular weight is 469 g/mol. The standard InChI is InChI=1S/C28H31N5O2/c34-28(35)30-27-29-24-14-7-8-15-25(24)33(27)17-9-16-31-18-20-32(21-19-31)26(22-10-3-1-4-11-22)23-12-5-2-6-13-23/h1-8,10-15,26H,9,16-21H2,(H,29,30)(H,34,35)/p-1. The Morgan fingerprint density at radius 1 is 0.829 bits per heavy atom. The van der Waals surface area contributed by atoms with Crippen molar-refractivity contribution in [2.24, 2.45) is 0 Å². The maximum atomic E-state index is 11.1. The molecule has 1 aromatic heterocycles. The number of imidazole rings is 1. The molecule has 7 heteroatoms. The fourth-order valence-electron chi connectivity index (χ4n) is 5.07. The molecule has 0 radical (unpaired) electrons. The molecular weight excluding hydrogens is 438 g/mol. The van der Waals surface area contributed by atoms with E-state index in [0.717, 1.165) is 50.2 Å². The summed E-state index contributed by atoms with van der Waals surface area (Å²) in [6.07, 6.45) is -0.438. The van der Waals surface area contributed by atoms with E-state index in [1.807, 2.05) is 28.8 Å². The number of rotatable bonds is 8. The number of nitrogens with one attached hydrogen (secondary N) is 1. The number of anilines is 1. The van der Waals surface area contributed by atoms with Gasteiger partial charge in [-0.3, -0.25) is 4.90 Å². The molecule has 0 aliphatic carbocycles. The summed E-state index contributed by atoms with van der Waals surface area (Å²) in [6, 6.07) is 29.4. The maximum Gasteiger partial charge on any atom is 0.209 e. The summed E-state index contributed by atoms with van der Waals surface area (Å²) in [4.78, 5) is 20.6. The molecule has 0 bridgehead atoms. The Kier molecular flexibility index (Phi) is 7.07. The van der Waals surface area contributed by atoms with E-state index in [4.69, 9.17) is 0 Å².